The number of pyridine rings is 1. The number of nitrogens with one attached hydrogen (secondary N) is 1. The minimum Gasteiger partial charge on any atom is -0.461 e. The van der Waals surface area contributed by atoms with Crippen molar-refractivity contribution >= 4 is 34.8 Å². The second kappa shape index (κ2) is 10.5. The number of hydrogen-bond donors (Lipinski definition) is 1. The molecule has 0 radical (unpaired) electrons. The Morgan fingerprint density at radius 3 is 2.86 bits per heavy atom. The Kier molecular flexibility index (Phi) is 7.02. The van der Waals surface area contributed by atoms with Crippen molar-refractivity contribution in [2.75, 3.05) is 51.8 Å². The molecule has 2 aliphatic rings. The Morgan fingerprint density at radius 1 is 1.22 bits per heavy atom. The molecule has 3 aromatic rings. The van der Waals surface area contributed by atoms with Crippen molar-refractivity contribution in [2.45, 2.75) is 20.0 Å². The van der Waals surface area contributed by atoms with Gasteiger partial charge in [-0.25, -0.2) is 9.78 Å². The molecule has 9 nitrogen and oxygen atoms in total. The molecule has 3 amide bonds. The molecular formula is C27H31N5O4. The maximum Gasteiger partial charge on any atom is 0.323 e. The summed E-state index contributed by atoms with van der Waals surface area (Å²) >= 11 is 0. The van der Waals surface area contributed by atoms with Crippen molar-refractivity contribution in [3.63, 3.8) is 0 Å². The number of aryl methyl sites for hydroxylation is 1. The van der Waals surface area contributed by atoms with E-state index >= 15 is 0 Å². The van der Waals surface area contributed by atoms with E-state index in [9.17, 15) is 9.59 Å². The first-order valence-electron chi connectivity index (χ1n) is 12.2. The summed E-state index contributed by atoms with van der Waals surface area (Å²) < 4.78 is 11.2. The van der Waals surface area contributed by atoms with E-state index in [1.54, 1.807) is 35.2 Å². The lowest BCUT2D eigenvalue weighted by atomic mass is 10.1. The summed E-state index contributed by atoms with van der Waals surface area (Å²) in [5, 5.41) is 3.90. The smallest absolute Gasteiger partial charge is 0.323 e. The van der Waals surface area contributed by atoms with Gasteiger partial charge in [-0.15, -0.1) is 0 Å². The zero-order valence-corrected chi connectivity index (χ0v) is 20.7. The van der Waals surface area contributed by atoms with E-state index in [4.69, 9.17) is 9.15 Å². The molecular weight excluding hydrogens is 458 g/mol. The van der Waals surface area contributed by atoms with Gasteiger partial charge in [0, 0.05) is 68.6 Å². The summed E-state index contributed by atoms with van der Waals surface area (Å²) in [6.07, 6.45) is 4.99. The number of carbonyl (C=O) groups is 2. The molecule has 4 heterocycles. The van der Waals surface area contributed by atoms with E-state index in [1.807, 2.05) is 37.3 Å². The van der Waals surface area contributed by atoms with Gasteiger partial charge in [-0.3, -0.25) is 15.0 Å². The van der Waals surface area contributed by atoms with Crippen molar-refractivity contribution in [1.82, 2.24) is 19.7 Å². The maximum atomic E-state index is 12.8. The average molecular weight is 490 g/mol. The summed E-state index contributed by atoms with van der Waals surface area (Å²) in [7, 11) is 1.78. The number of likely N-dealkylation sites (N-methyl/N-ethyl adjacent to an activating group) is 1. The number of rotatable bonds is 7. The Hall–Kier alpha value is -3.69. The van der Waals surface area contributed by atoms with Gasteiger partial charge in [0.1, 0.15) is 17.2 Å². The van der Waals surface area contributed by atoms with Crippen LogP contribution in [0, 0.1) is 6.92 Å². The van der Waals surface area contributed by atoms with Crippen LogP contribution in [0.25, 0.3) is 17.0 Å². The average Bonchev–Trinajstić information content (AvgIpc) is 3.21. The fraction of sp³-hybridized carbons (Fsp3) is 0.370. The Morgan fingerprint density at radius 2 is 2.03 bits per heavy atom. The van der Waals surface area contributed by atoms with E-state index in [0.717, 1.165) is 66.3 Å². The van der Waals surface area contributed by atoms with Gasteiger partial charge in [0.2, 0.25) is 5.91 Å². The van der Waals surface area contributed by atoms with Crippen LogP contribution >= 0.6 is 0 Å². The number of fused-ring (bicyclic) bond motifs is 2. The van der Waals surface area contributed by atoms with Gasteiger partial charge >= 0.3 is 6.03 Å². The van der Waals surface area contributed by atoms with E-state index in [0.29, 0.717) is 25.5 Å². The Labute approximate surface area is 210 Å². The molecule has 2 aliphatic heterocycles. The molecule has 0 unspecified atom stereocenters. The summed E-state index contributed by atoms with van der Waals surface area (Å²) in [6.45, 7) is 7.57. The summed E-state index contributed by atoms with van der Waals surface area (Å²) in [4.78, 5) is 35.5. The van der Waals surface area contributed by atoms with Crippen LogP contribution in [0.15, 0.2) is 47.0 Å². The number of morpholine rings is 1. The largest absolute Gasteiger partial charge is 0.461 e. The second-order valence-electron chi connectivity index (χ2n) is 9.24. The van der Waals surface area contributed by atoms with Crippen LogP contribution in [0.2, 0.25) is 0 Å². The number of anilines is 1. The molecule has 1 aromatic carbocycles. The zero-order valence-electron chi connectivity index (χ0n) is 20.7. The molecule has 5 rings (SSSR count). The number of ether oxygens (including phenoxy) is 1. The van der Waals surface area contributed by atoms with E-state index in [-0.39, 0.29) is 11.9 Å². The molecule has 36 heavy (non-hydrogen) atoms. The second-order valence-corrected chi connectivity index (χ2v) is 9.24. The van der Waals surface area contributed by atoms with Gasteiger partial charge in [0.25, 0.3) is 0 Å². The molecule has 0 atom stereocenters. The van der Waals surface area contributed by atoms with Gasteiger partial charge in [-0.2, -0.15) is 0 Å². The number of hydrogen-bond acceptors (Lipinski definition) is 6. The minimum absolute atomic E-state index is 0.113. The number of carbonyl (C=O) groups excluding carboxylic acids is 2. The van der Waals surface area contributed by atoms with Crippen molar-refractivity contribution in [1.29, 1.82) is 0 Å². The van der Waals surface area contributed by atoms with Gasteiger partial charge in [0.15, 0.2) is 0 Å². The highest BCUT2D eigenvalue weighted by molar-refractivity contribution is 5.93. The predicted octanol–water partition coefficient (Wildman–Crippen LogP) is 3.49. The van der Waals surface area contributed by atoms with Crippen LogP contribution < -0.4 is 5.32 Å². The third-order valence-corrected chi connectivity index (χ3v) is 6.74. The van der Waals surface area contributed by atoms with Crippen LogP contribution in [0.5, 0.6) is 0 Å². The standard InChI is InChI=1S/C27H31N5O4/c1-19-23(22-5-3-4-6-24(22)36-19)18-30(2)25(33)8-7-20-15-21-17-32(27(34)29-26(21)28-16-20)10-9-31-11-13-35-14-12-31/h3-8,15-16H,9-14,17-18H2,1-2H3,(H,28,29,34)/b8-7+. The van der Waals surface area contributed by atoms with Crippen LogP contribution in [-0.2, 0) is 22.6 Å². The predicted molar refractivity (Wildman–Crippen MR) is 137 cm³/mol. The first-order valence-corrected chi connectivity index (χ1v) is 12.2. The van der Waals surface area contributed by atoms with Gasteiger partial charge < -0.3 is 19.0 Å². The highest BCUT2D eigenvalue weighted by Crippen LogP contribution is 2.26. The normalized spacial score (nSPS) is 16.4. The third-order valence-electron chi connectivity index (χ3n) is 6.74. The molecule has 0 saturated carbocycles. The number of furan rings is 1. The monoisotopic (exact) mass is 489 g/mol. The van der Waals surface area contributed by atoms with Crippen molar-refractivity contribution in [3.05, 3.63) is 65.1 Å². The first kappa shape index (κ1) is 24.0. The van der Waals surface area contributed by atoms with E-state index < -0.39 is 0 Å². The van der Waals surface area contributed by atoms with Gasteiger partial charge in [-0.05, 0) is 30.7 Å². The van der Waals surface area contributed by atoms with Crippen molar-refractivity contribution in [2.24, 2.45) is 0 Å². The Balaban J connectivity index is 1.22. The van der Waals surface area contributed by atoms with Gasteiger partial charge in [-0.1, -0.05) is 18.2 Å². The van der Waals surface area contributed by atoms with Crippen LogP contribution in [0.3, 0.4) is 0 Å². The Bertz CT molecular complexity index is 1290. The molecule has 0 aliphatic carbocycles. The number of nitrogens with zero attached hydrogens (tertiary/aromatic N) is 4. The van der Waals surface area contributed by atoms with Crippen LogP contribution in [0.4, 0.5) is 10.6 Å². The zero-order chi connectivity index (χ0) is 25.1. The van der Waals surface area contributed by atoms with Crippen molar-refractivity contribution in [3.8, 4) is 0 Å². The number of urea groups is 1. The van der Waals surface area contributed by atoms with Gasteiger partial charge in [0.05, 0.1) is 19.8 Å². The molecule has 188 valence electrons. The number of para-hydroxylation sites is 1. The molecule has 1 saturated heterocycles. The molecule has 1 N–H and O–H groups in total. The molecule has 0 bridgehead atoms. The minimum atomic E-state index is -0.134. The van der Waals surface area contributed by atoms with E-state index in [1.165, 1.54) is 0 Å². The lowest BCUT2D eigenvalue weighted by Gasteiger charge is -2.32. The molecule has 9 heteroatoms. The molecule has 2 aromatic heterocycles. The topological polar surface area (TPSA) is 91.2 Å². The fourth-order valence-electron chi connectivity index (χ4n) is 4.61. The SMILES string of the molecule is Cc1oc2ccccc2c1CN(C)C(=O)/C=C/c1cnc2c(c1)CN(CCN1CCOCC1)C(=O)N2. The summed E-state index contributed by atoms with van der Waals surface area (Å²) in [5.74, 6) is 1.28. The highest BCUT2D eigenvalue weighted by Gasteiger charge is 2.24. The number of benzene rings is 1. The first-order chi connectivity index (χ1) is 17.5. The number of aromatic nitrogens is 1. The highest BCUT2D eigenvalue weighted by atomic mass is 16.5. The summed E-state index contributed by atoms with van der Waals surface area (Å²) in [5.41, 5.74) is 3.58. The lowest BCUT2D eigenvalue weighted by Crippen LogP contribution is -2.45. The third kappa shape index (κ3) is 5.27. The molecule has 1 fully saturated rings. The lowest BCUT2D eigenvalue weighted by molar-refractivity contribution is -0.125. The fourth-order valence-corrected chi connectivity index (χ4v) is 4.61. The molecule has 0 spiro atoms. The maximum absolute atomic E-state index is 12.8. The summed E-state index contributed by atoms with van der Waals surface area (Å²) in [6, 6.07) is 9.69. The number of amides is 3. The van der Waals surface area contributed by atoms with Crippen molar-refractivity contribution < 1.29 is 18.7 Å². The van der Waals surface area contributed by atoms with Crippen LogP contribution in [-0.4, -0.2) is 78.1 Å². The van der Waals surface area contributed by atoms with E-state index in [2.05, 4.69) is 15.2 Å². The quantitative estimate of drug-likeness (QED) is 0.511. The van der Waals surface area contributed by atoms with Crippen LogP contribution in [0.1, 0.15) is 22.5 Å².